The lowest BCUT2D eigenvalue weighted by atomic mass is 9.79. The van der Waals surface area contributed by atoms with Crippen LogP contribution in [0.4, 0.5) is 0 Å². The van der Waals surface area contributed by atoms with Gasteiger partial charge < -0.3 is 16.0 Å². The minimum atomic E-state index is -0.567. The number of nitrogens with zero attached hydrogens (tertiary/aromatic N) is 1. The predicted octanol–water partition coefficient (Wildman–Crippen LogP) is 3.03. The summed E-state index contributed by atoms with van der Waals surface area (Å²) >= 11 is 0. The number of piperidine rings is 1. The monoisotopic (exact) mass is 355 g/mol. The summed E-state index contributed by atoms with van der Waals surface area (Å²) in [4.78, 5) is 14.8. The molecule has 4 rings (SSSR count). The summed E-state index contributed by atoms with van der Waals surface area (Å²) < 4.78 is 0. The molecule has 1 saturated heterocycles. The molecule has 2 atom stereocenters. The van der Waals surface area contributed by atoms with E-state index in [-0.39, 0.29) is 11.3 Å². The summed E-state index contributed by atoms with van der Waals surface area (Å²) in [5, 5.41) is 3.79. The Morgan fingerprint density at radius 1 is 1.15 bits per heavy atom. The van der Waals surface area contributed by atoms with Crippen LogP contribution in [0.1, 0.15) is 63.4 Å². The van der Waals surface area contributed by atoms with Crippen LogP contribution in [-0.2, 0) is 4.79 Å². The lowest BCUT2D eigenvalue weighted by Crippen LogP contribution is -2.56. The smallest absolute Gasteiger partial charge is 0.242 e. The van der Waals surface area contributed by atoms with Gasteiger partial charge in [0, 0.05) is 31.6 Å². The number of amides is 1. The molecule has 1 aromatic rings. The lowest BCUT2D eigenvalue weighted by molar-refractivity contribution is -0.139. The quantitative estimate of drug-likeness (QED) is 0.853. The van der Waals surface area contributed by atoms with Crippen molar-refractivity contribution in [3.8, 4) is 0 Å². The zero-order chi connectivity index (χ0) is 18.2. The predicted molar refractivity (Wildman–Crippen MR) is 105 cm³/mol. The minimum Gasteiger partial charge on any atom is -0.341 e. The molecule has 2 saturated carbocycles. The van der Waals surface area contributed by atoms with E-state index in [0.29, 0.717) is 12.0 Å². The fourth-order valence-electron chi connectivity index (χ4n) is 4.83. The van der Waals surface area contributed by atoms with Gasteiger partial charge in [-0.25, -0.2) is 0 Å². The highest BCUT2D eigenvalue weighted by atomic mass is 16.2. The zero-order valence-electron chi connectivity index (χ0n) is 16.0. The SMILES string of the molecule is CC1(CN[C@@H]2C[C@H]2c2ccccc2)CCN(C(=O)C2(N)CCCC2)CC1. The molecule has 2 aliphatic carbocycles. The van der Waals surface area contributed by atoms with Crippen LogP contribution in [0, 0.1) is 5.41 Å². The van der Waals surface area contributed by atoms with E-state index in [2.05, 4.69) is 42.6 Å². The summed E-state index contributed by atoms with van der Waals surface area (Å²) in [7, 11) is 0. The number of nitrogens with one attached hydrogen (secondary N) is 1. The number of nitrogens with two attached hydrogens (primary N) is 1. The fourth-order valence-corrected chi connectivity index (χ4v) is 4.83. The minimum absolute atomic E-state index is 0.205. The Labute approximate surface area is 157 Å². The van der Waals surface area contributed by atoms with Gasteiger partial charge in [-0.3, -0.25) is 4.79 Å². The van der Waals surface area contributed by atoms with E-state index in [9.17, 15) is 4.79 Å². The normalized spacial score (nSPS) is 29.5. The van der Waals surface area contributed by atoms with Crippen molar-refractivity contribution in [2.75, 3.05) is 19.6 Å². The van der Waals surface area contributed by atoms with E-state index in [1.54, 1.807) is 0 Å². The molecule has 0 spiro atoms. The number of carbonyl (C=O) groups excluding carboxylic acids is 1. The second-order valence-corrected chi connectivity index (χ2v) is 9.21. The van der Waals surface area contributed by atoms with Crippen LogP contribution in [0.15, 0.2) is 30.3 Å². The molecule has 1 amide bonds. The molecule has 3 fully saturated rings. The Kier molecular flexibility index (Phi) is 4.83. The van der Waals surface area contributed by atoms with Crippen molar-refractivity contribution in [1.82, 2.24) is 10.2 Å². The van der Waals surface area contributed by atoms with Gasteiger partial charge in [-0.1, -0.05) is 50.1 Å². The van der Waals surface area contributed by atoms with Crippen molar-refractivity contribution in [2.45, 2.75) is 69.4 Å². The Hall–Kier alpha value is -1.39. The van der Waals surface area contributed by atoms with Crippen molar-refractivity contribution in [1.29, 1.82) is 0 Å². The van der Waals surface area contributed by atoms with Gasteiger partial charge in [0.1, 0.15) is 0 Å². The van der Waals surface area contributed by atoms with Crippen molar-refractivity contribution in [3.63, 3.8) is 0 Å². The fraction of sp³-hybridized carbons (Fsp3) is 0.682. The Morgan fingerprint density at radius 2 is 1.81 bits per heavy atom. The molecule has 0 aromatic heterocycles. The van der Waals surface area contributed by atoms with Gasteiger partial charge in [-0.05, 0) is 43.1 Å². The molecule has 0 unspecified atom stereocenters. The van der Waals surface area contributed by atoms with Crippen LogP contribution >= 0.6 is 0 Å². The largest absolute Gasteiger partial charge is 0.341 e. The number of benzene rings is 1. The summed E-state index contributed by atoms with van der Waals surface area (Å²) in [6.45, 7) is 5.15. The number of hydrogen-bond acceptors (Lipinski definition) is 3. The number of carbonyl (C=O) groups is 1. The molecule has 1 aromatic carbocycles. The molecule has 4 nitrogen and oxygen atoms in total. The first-order valence-corrected chi connectivity index (χ1v) is 10.4. The second kappa shape index (κ2) is 6.97. The van der Waals surface area contributed by atoms with Crippen LogP contribution in [0.25, 0.3) is 0 Å². The molecule has 3 N–H and O–H groups in total. The summed E-state index contributed by atoms with van der Waals surface area (Å²) in [5.74, 6) is 0.886. The van der Waals surface area contributed by atoms with Crippen molar-refractivity contribution < 1.29 is 4.79 Å². The van der Waals surface area contributed by atoms with Crippen LogP contribution in [-0.4, -0.2) is 42.0 Å². The van der Waals surface area contributed by atoms with Gasteiger partial charge in [0.2, 0.25) is 5.91 Å². The van der Waals surface area contributed by atoms with E-state index in [1.165, 1.54) is 12.0 Å². The third kappa shape index (κ3) is 3.67. The molecule has 1 heterocycles. The molecular formula is C22H33N3O. The number of hydrogen-bond donors (Lipinski definition) is 2. The van der Waals surface area contributed by atoms with E-state index in [0.717, 1.165) is 58.2 Å². The van der Waals surface area contributed by atoms with Crippen LogP contribution in [0.2, 0.25) is 0 Å². The lowest BCUT2D eigenvalue weighted by Gasteiger charge is -2.42. The molecule has 142 valence electrons. The standard InChI is InChI=1S/C22H33N3O/c1-21(16-24-19-15-18(19)17-7-3-2-4-8-17)11-13-25(14-12-21)20(26)22(23)9-5-6-10-22/h2-4,7-8,18-19,24H,5-6,9-16,23H2,1H3/t18-,19+/m0/s1. The van der Waals surface area contributed by atoms with Gasteiger partial charge in [-0.2, -0.15) is 0 Å². The van der Waals surface area contributed by atoms with Gasteiger partial charge in [0.25, 0.3) is 0 Å². The Balaban J connectivity index is 1.24. The Morgan fingerprint density at radius 3 is 2.46 bits per heavy atom. The number of rotatable bonds is 5. The first-order chi connectivity index (χ1) is 12.5. The first kappa shape index (κ1) is 18.0. The first-order valence-electron chi connectivity index (χ1n) is 10.4. The average Bonchev–Trinajstić information content (AvgIpc) is 3.32. The zero-order valence-corrected chi connectivity index (χ0v) is 16.0. The maximum Gasteiger partial charge on any atom is 0.242 e. The average molecular weight is 356 g/mol. The van der Waals surface area contributed by atoms with Crippen molar-refractivity contribution in [2.24, 2.45) is 11.1 Å². The maximum atomic E-state index is 12.8. The second-order valence-electron chi connectivity index (χ2n) is 9.21. The number of likely N-dealkylation sites (tertiary alicyclic amines) is 1. The molecule has 0 bridgehead atoms. The highest BCUT2D eigenvalue weighted by Gasteiger charge is 2.43. The molecule has 0 radical (unpaired) electrons. The maximum absolute atomic E-state index is 12.8. The Bertz CT molecular complexity index is 630. The summed E-state index contributed by atoms with van der Waals surface area (Å²) in [6, 6.07) is 11.5. The van der Waals surface area contributed by atoms with Gasteiger partial charge in [-0.15, -0.1) is 0 Å². The van der Waals surface area contributed by atoms with E-state index < -0.39 is 5.54 Å². The third-order valence-corrected chi connectivity index (χ3v) is 6.99. The summed E-state index contributed by atoms with van der Waals surface area (Å²) in [5.41, 5.74) is 7.56. The molecule has 1 aliphatic heterocycles. The third-order valence-electron chi connectivity index (χ3n) is 6.99. The van der Waals surface area contributed by atoms with Crippen LogP contribution in [0.5, 0.6) is 0 Å². The van der Waals surface area contributed by atoms with Crippen LogP contribution < -0.4 is 11.1 Å². The summed E-state index contributed by atoms with van der Waals surface area (Å²) in [6.07, 6.45) is 7.33. The van der Waals surface area contributed by atoms with Crippen molar-refractivity contribution >= 4 is 5.91 Å². The topological polar surface area (TPSA) is 58.4 Å². The van der Waals surface area contributed by atoms with Crippen LogP contribution in [0.3, 0.4) is 0 Å². The van der Waals surface area contributed by atoms with Gasteiger partial charge in [0.05, 0.1) is 5.54 Å². The molecular weight excluding hydrogens is 322 g/mol. The van der Waals surface area contributed by atoms with E-state index >= 15 is 0 Å². The molecule has 3 aliphatic rings. The molecule has 26 heavy (non-hydrogen) atoms. The highest BCUT2D eigenvalue weighted by Crippen LogP contribution is 2.42. The van der Waals surface area contributed by atoms with Crippen molar-refractivity contribution in [3.05, 3.63) is 35.9 Å². The highest BCUT2D eigenvalue weighted by molar-refractivity contribution is 5.86. The van der Waals surface area contributed by atoms with E-state index in [1.807, 2.05) is 4.90 Å². The van der Waals surface area contributed by atoms with Gasteiger partial charge >= 0.3 is 0 Å². The van der Waals surface area contributed by atoms with E-state index in [4.69, 9.17) is 5.73 Å². The molecule has 4 heteroatoms. The van der Waals surface area contributed by atoms with Gasteiger partial charge in [0.15, 0.2) is 0 Å².